The van der Waals surface area contributed by atoms with E-state index < -0.39 is 4.92 Å². The summed E-state index contributed by atoms with van der Waals surface area (Å²) in [6.45, 7) is 0.0292. The zero-order valence-corrected chi connectivity index (χ0v) is 13.2. The van der Waals surface area contributed by atoms with Gasteiger partial charge in [-0.25, -0.2) is 0 Å². The first-order chi connectivity index (χ1) is 12.0. The molecule has 25 heavy (non-hydrogen) atoms. The van der Waals surface area contributed by atoms with Crippen LogP contribution < -0.4 is 10.9 Å². The number of hydrogen-bond acceptors (Lipinski definition) is 4. The van der Waals surface area contributed by atoms with E-state index in [0.717, 1.165) is 5.39 Å². The number of aromatic nitrogens is 1. The fourth-order valence-corrected chi connectivity index (χ4v) is 2.59. The summed E-state index contributed by atoms with van der Waals surface area (Å²) in [4.78, 5) is 37.4. The van der Waals surface area contributed by atoms with Gasteiger partial charge in [0.25, 0.3) is 11.2 Å². The standard InChI is InChI=1S/C18H15N3O4/c22-17(19-11-13-6-2-4-8-16(13)21(24)25)10-14-9-12-5-1-3-7-15(12)20-18(14)23/h1-9H,10-11H2,(H,19,22)(H,20,23). The normalized spacial score (nSPS) is 10.6. The molecule has 7 heteroatoms. The van der Waals surface area contributed by atoms with Crippen molar-refractivity contribution in [1.82, 2.24) is 10.3 Å². The molecule has 0 radical (unpaired) electrons. The van der Waals surface area contributed by atoms with Crippen molar-refractivity contribution in [2.24, 2.45) is 0 Å². The third-order valence-corrected chi connectivity index (χ3v) is 3.85. The number of pyridine rings is 1. The van der Waals surface area contributed by atoms with Gasteiger partial charge in [-0.3, -0.25) is 19.7 Å². The second kappa shape index (κ2) is 6.96. The first-order valence-corrected chi connectivity index (χ1v) is 7.64. The molecule has 1 aromatic heterocycles. The quantitative estimate of drug-likeness (QED) is 0.550. The van der Waals surface area contributed by atoms with Crippen LogP contribution >= 0.6 is 0 Å². The van der Waals surface area contributed by atoms with Crippen molar-refractivity contribution in [3.63, 3.8) is 0 Å². The molecule has 126 valence electrons. The van der Waals surface area contributed by atoms with Gasteiger partial charge in [0.15, 0.2) is 0 Å². The Hall–Kier alpha value is -3.48. The molecule has 1 heterocycles. The molecule has 0 saturated carbocycles. The zero-order valence-electron chi connectivity index (χ0n) is 13.2. The number of nitro benzene ring substituents is 1. The van der Waals surface area contributed by atoms with Crippen LogP contribution in [0.1, 0.15) is 11.1 Å². The van der Waals surface area contributed by atoms with Crippen LogP contribution in [-0.2, 0) is 17.8 Å². The van der Waals surface area contributed by atoms with E-state index in [4.69, 9.17) is 0 Å². The highest BCUT2D eigenvalue weighted by Gasteiger charge is 2.14. The van der Waals surface area contributed by atoms with Gasteiger partial charge in [0.2, 0.25) is 5.91 Å². The van der Waals surface area contributed by atoms with Crippen molar-refractivity contribution < 1.29 is 9.72 Å². The van der Waals surface area contributed by atoms with Gasteiger partial charge < -0.3 is 10.3 Å². The van der Waals surface area contributed by atoms with E-state index in [1.54, 1.807) is 30.3 Å². The van der Waals surface area contributed by atoms with Crippen LogP contribution in [0.4, 0.5) is 5.69 Å². The Balaban J connectivity index is 1.72. The van der Waals surface area contributed by atoms with Crippen LogP contribution in [-0.4, -0.2) is 15.8 Å². The molecule has 2 aromatic carbocycles. The van der Waals surface area contributed by atoms with Gasteiger partial charge in [-0.15, -0.1) is 0 Å². The molecule has 2 N–H and O–H groups in total. The Morgan fingerprint density at radius 3 is 2.60 bits per heavy atom. The van der Waals surface area contributed by atoms with Gasteiger partial charge in [0.1, 0.15) is 0 Å². The van der Waals surface area contributed by atoms with Crippen LogP contribution in [0.2, 0.25) is 0 Å². The fourth-order valence-electron chi connectivity index (χ4n) is 2.59. The number of H-pyrrole nitrogens is 1. The van der Waals surface area contributed by atoms with Crippen molar-refractivity contribution in [2.75, 3.05) is 0 Å². The molecule has 3 rings (SSSR count). The number of benzene rings is 2. The molecule has 0 fully saturated rings. The number of hydrogen-bond donors (Lipinski definition) is 2. The minimum Gasteiger partial charge on any atom is -0.351 e. The summed E-state index contributed by atoms with van der Waals surface area (Å²) in [6.07, 6.45) is -0.0964. The molecule has 0 saturated heterocycles. The zero-order chi connectivity index (χ0) is 17.8. The molecule has 3 aromatic rings. The highest BCUT2D eigenvalue weighted by atomic mass is 16.6. The largest absolute Gasteiger partial charge is 0.351 e. The maximum absolute atomic E-state index is 12.1. The van der Waals surface area contributed by atoms with E-state index in [-0.39, 0.29) is 30.1 Å². The molecule has 0 aliphatic heterocycles. The lowest BCUT2D eigenvalue weighted by molar-refractivity contribution is -0.385. The van der Waals surface area contributed by atoms with Crippen LogP contribution in [0.5, 0.6) is 0 Å². The third-order valence-electron chi connectivity index (χ3n) is 3.85. The number of nitro groups is 1. The summed E-state index contributed by atoms with van der Waals surface area (Å²) in [5.41, 5.74) is 1.09. The van der Waals surface area contributed by atoms with Crippen LogP contribution in [0.15, 0.2) is 59.4 Å². The smallest absolute Gasteiger partial charge is 0.274 e. The molecule has 0 atom stereocenters. The summed E-state index contributed by atoms with van der Waals surface area (Å²) in [6, 6.07) is 15.2. The second-order valence-corrected chi connectivity index (χ2v) is 5.55. The highest BCUT2D eigenvalue weighted by Crippen LogP contribution is 2.17. The Morgan fingerprint density at radius 2 is 1.80 bits per heavy atom. The second-order valence-electron chi connectivity index (χ2n) is 5.55. The van der Waals surface area contributed by atoms with E-state index >= 15 is 0 Å². The summed E-state index contributed by atoms with van der Waals surface area (Å²) >= 11 is 0. The Morgan fingerprint density at radius 1 is 1.08 bits per heavy atom. The molecular weight excluding hydrogens is 322 g/mol. The van der Waals surface area contributed by atoms with Gasteiger partial charge in [-0.1, -0.05) is 36.4 Å². The molecule has 0 bridgehead atoms. The minimum atomic E-state index is -0.491. The Bertz CT molecular complexity index is 1010. The molecule has 1 amide bonds. The average Bonchev–Trinajstić information content (AvgIpc) is 2.60. The number of nitrogens with zero attached hydrogens (tertiary/aromatic N) is 1. The monoisotopic (exact) mass is 337 g/mol. The van der Waals surface area contributed by atoms with E-state index in [1.807, 2.05) is 18.2 Å². The maximum Gasteiger partial charge on any atom is 0.274 e. The van der Waals surface area contributed by atoms with Crippen molar-refractivity contribution in [2.45, 2.75) is 13.0 Å². The molecule has 0 spiro atoms. The minimum absolute atomic E-state index is 0.0292. The van der Waals surface area contributed by atoms with E-state index in [2.05, 4.69) is 10.3 Å². The van der Waals surface area contributed by atoms with E-state index in [0.29, 0.717) is 16.6 Å². The van der Waals surface area contributed by atoms with Crippen LogP contribution in [0, 0.1) is 10.1 Å². The third kappa shape index (κ3) is 3.72. The van der Waals surface area contributed by atoms with Gasteiger partial charge in [0.05, 0.1) is 11.3 Å². The number of rotatable bonds is 5. The van der Waals surface area contributed by atoms with Gasteiger partial charge in [-0.2, -0.15) is 0 Å². The predicted molar refractivity (Wildman–Crippen MR) is 93.2 cm³/mol. The average molecular weight is 337 g/mol. The first-order valence-electron chi connectivity index (χ1n) is 7.64. The van der Waals surface area contributed by atoms with Crippen molar-refractivity contribution >= 4 is 22.5 Å². The lowest BCUT2D eigenvalue weighted by atomic mass is 10.1. The lowest BCUT2D eigenvalue weighted by Gasteiger charge is -2.07. The van der Waals surface area contributed by atoms with Crippen molar-refractivity contribution in [3.05, 3.63) is 86.2 Å². The summed E-state index contributed by atoms with van der Waals surface area (Å²) in [5, 5.41) is 14.4. The first kappa shape index (κ1) is 16.4. The Labute approximate surface area is 142 Å². The number of nitrogens with one attached hydrogen (secondary N) is 2. The Kier molecular flexibility index (Phi) is 4.56. The summed E-state index contributed by atoms with van der Waals surface area (Å²) < 4.78 is 0. The molecule has 7 nitrogen and oxygen atoms in total. The number of para-hydroxylation sites is 2. The van der Waals surface area contributed by atoms with Gasteiger partial charge >= 0.3 is 0 Å². The number of fused-ring (bicyclic) bond motifs is 1. The highest BCUT2D eigenvalue weighted by molar-refractivity contribution is 5.82. The predicted octanol–water partition coefficient (Wildman–Crippen LogP) is 2.30. The summed E-state index contributed by atoms with van der Waals surface area (Å²) in [7, 11) is 0. The molecule has 0 unspecified atom stereocenters. The number of aromatic amines is 1. The fraction of sp³-hybridized carbons (Fsp3) is 0.111. The molecular formula is C18H15N3O4. The van der Waals surface area contributed by atoms with E-state index in [1.165, 1.54) is 6.07 Å². The topological polar surface area (TPSA) is 105 Å². The summed E-state index contributed by atoms with van der Waals surface area (Å²) in [5.74, 6) is -0.376. The van der Waals surface area contributed by atoms with Gasteiger partial charge in [-0.05, 0) is 17.5 Å². The number of carbonyl (C=O) groups is 1. The maximum atomic E-state index is 12.1. The molecule has 0 aliphatic carbocycles. The molecule has 0 aliphatic rings. The van der Waals surface area contributed by atoms with Crippen LogP contribution in [0.3, 0.4) is 0 Å². The number of carbonyl (C=O) groups excluding carboxylic acids is 1. The van der Waals surface area contributed by atoms with Crippen molar-refractivity contribution in [3.8, 4) is 0 Å². The number of amides is 1. The SMILES string of the molecule is O=C(Cc1cc2ccccc2[nH]c1=O)NCc1ccccc1[N+](=O)[O-]. The lowest BCUT2D eigenvalue weighted by Crippen LogP contribution is -2.27. The van der Waals surface area contributed by atoms with E-state index in [9.17, 15) is 19.7 Å². The van der Waals surface area contributed by atoms with Crippen LogP contribution in [0.25, 0.3) is 10.9 Å². The van der Waals surface area contributed by atoms with Crippen molar-refractivity contribution in [1.29, 1.82) is 0 Å². The van der Waals surface area contributed by atoms with Gasteiger partial charge in [0, 0.05) is 29.3 Å².